The minimum absolute atomic E-state index is 0. The maximum Gasteiger partial charge on any atom is 0.0346 e. The lowest BCUT2D eigenvalue weighted by atomic mass is 9.98. The number of benzene rings is 1. The number of nitrogens with zero attached hydrogens (tertiary/aromatic N) is 1. The van der Waals surface area contributed by atoms with E-state index in [1.165, 1.54) is 41.6 Å². The van der Waals surface area contributed by atoms with Crippen molar-refractivity contribution >= 4 is 33.8 Å². The fraction of sp³-hybridized carbons (Fsp3) is 0.500. The Kier molecular flexibility index (Phi) is 4.04. The van der Waals surface area contributed by atoms with Crippen LogP contribution in [0.1, 0.15) is 18.4 Å². The smallest absolute Gasteiger partial charge is 0.0346 e. The molecule has 2 aliphatic rings. The molecule has 2 heterocycles. The van der Waals surface area contributed by atoms with Gasteiger partial charge in [0.05, 0.1) is 0 Å². The second kappa shape index (κ2) is 5.64. The highest BCUT2D eigenvalue weighted by Crippen LogP contribution is 2.38. The maximum atomic E-state index is 6.22. The summed E-state index contributed by atoms with van der Waals surface area (Å²) in [6, 6.07) is 9.20. The van der Waals surface area contributed by atoms with Crippen LogP contribution in [0.15, 0.2) is 29.6 Å². The van der Waals surface area contributed by atoms with Crippen LogP contribution in [0.5, 0.6) is 0 Å². The molecule has 20 heavy (non-hydrogen) atoms. The Morgan fingerprint density at radius 1 is 1.20 bits per heavy atom. The van der Waals surface area contributed by atoms with Crippen molar-refractivity contribution in [1.29, 1.82) is 0 Å². The molecule has 1 aliphatic heterocycles. The lowest BCUT2D eigenvalue weighted by Gasteiger charge is -2.18. The van der Waals surface area contributed by atoms with Crippen molar-refractivity contribution < 1.29 is 0 Å². The Balaban J connectivity index is 0.00000121. The first-order valence-electron chi connectivity index (χ1n) is 7.24. The number of fused-ring (bicyclic) bond motifs is 2. The third kappa shape index (κ3) is 2.37. The predicted octanol–water partition coefficient (Wildman–Crippen LogP) is 3.49. The van der Waals surface area contributed by atoms with Gasteiger partial charge in [0.25, 0.3) is 0 Å². The molecule has 3 atom stereocenters. The fourth-order valence-corrected chi connectivity index (χ4v) is 4.88. The van der Waals surface area contributed by atoms with Gasteiger partial charge in [0.1, 0.15) is 0 Å². The largest absolute Gasteiger partial charge is 0.327 e. The van der Waals surface area contributed by atoms with Crippen LogP contribution in [0.25, 0.3) is 10.1 Å². The Labute approximate surface area is 130 Å². The number of hydrogen-bond donors (Lipinski definition) is 1. The van der Waals surface area contributed by atoms with Crippen molar-refractivity contribution in [2.24, 2.45) is 17.6 Å². The van der Waals surface area contributed by atoms with Gasteiger partial charge in [-0.25, -0.2) is 0 Å². The van der Waals surface area contributed by atoms with Crippen molar-refractivity contribution in [3.63, 3.8) is 0 Å². The summed E-state index contributed by atoms with van der Waals surface area (Å²) < 4.78 is 1.41. The van der Waals surface area contributed by atoms with Crippen molar-refractivity contribution in [3.05, 3.63) is 35.2 Å². The first kappa shape index (κ1) is 14.3. The van der Waals surface area contributed by atoms with Gasteiger partial charge in [0.2, 0.25) is 0 Å². The van der Waals surface area contributed by atoms with Gasteiger partial charge in [-0.1, -0.05) is 18.2 Å². The molecule has 1 aliphatic carbocycles. The van der Waals surface area contributed by atoms with Crippen LogP contribution >= 0.6 is 23.7 Å². The average molecular weight is 309 g/mol. The topological polar surface area (TPSA) is 29.3 Å². The van der Waals surface area contributed by atoms with E-state index in [0.29, 0.717) is 6.04 Å². The second-order valence-corrected chi connectivity index (χ2v) is 7.03. The van der Waals surface area contributed by atoms with E-state index in [0.717, 1.165) is 18.4 Å². The molecule has 4 heteroatoms. The molecule has 0 amide bonds. The average Bonchev–Trinajstić information content (AvgIpc) is 3.09. The third-order valence-corrected chi connectivity index (χ3v) is 5.96. The number of nitrogens with two attached hydrogens (primary N) is 1. The SMILES string of the molecule is Cl.NC1CCC2CN(Cc3csc4ccccc34)CC12. The van der Waals surface area contributed by atoms with E-state index in [1.807, 2.05) is 11.3 Å². The summed E-state index contributed by atoms with van der Waals surface area (Å²) in [5, 5.41) is 3.77. The van der Waals surface area contributed by atoms with Gasteiger partial charge in [0.15, 0.2) is 0 Å². The molecule has 2 aromatic rings. The molecule has 0 bridgehead atoms. The van der Waals surface area contributed by atoms with Gasteiger partial charge < -0.3 is 5.73 Å². The van der Waals surface area contributed by atoms with E-state index < -0.39 is 0 Å². The first-order valence-corrected chi connectivity index (χ1v) is 8.12. The van der Waals surface area contributed by atoms with Crippen LogP contribution in [0.2, 0.25) is 0 Å². The molecule has 1 saturated heterocycles. The molecule has 1 saturated carbocycles. The minimum Gasteiger partial charge on any atom is -0.327 e. The summed E-state index contributed by atoms with van der Waals surface area (Å²) in [5.41, 5.74) is 7.72. The van der Waals surface area contributed by atoms with Crippen molar-refractivity contribution in [1.82, 2.24) is 4.90 Å². The summed E-state index contributed by atoms with van der Waals surface area (Å²) in [6.07, 6.45) is 2.58. The van der Waals surface area contributed by atoms with Gasteiger partial charge in [-0.15, -0.1) is 23.7 Å². The summed E-state index contributed by atoms with van der Waals surface area (Å²) in [5.74, 6) is 1.62. The Morgan fingerprint density at radius 3 is 2.90 bits per heavy atom. The molecule has 2 N–H and O–H groups in total. The molecular weight excluding hydrogens is 288 g/mol. The van der Waals surface area contributed by atoms with Crippen molar-refractivity contribution in [2.45, 2.75) is 25.4 Å². The highest BCUT2D eigenvalue weighted by atomic mass is 35.5. The Bertz CT molecular complexity index is 597. The number of thiophene rings is 1. The molecule has 2 nitrogen and oxygen atoms in total. The zero-order valence-electron chi connectivity index (χ0n) is 11.5. The van der Waals surface area contributed by atoms with Crippen LogP contribution in [-0.4, -0.2) is 24.0 Å². The van der Waals surface area contributed by atoms with Gasteiger partial charge >= 0.3 is 0 Å². The van der Waals surface area contributed by atoms with E-state index in [1.54, 1.807) is 0 Å². The van der Waals surface area contributed by atoms with Crippen LogP contribution < -0.4 is 5.73 Å². The normalized spacial score (nSPS) is 29.6. The molecule has 3 unspecified atom stereocenters. The van der Waals surface area contributed by atoms with Crippen molar-refractivity contribution in [3.8, 4) is 0 Å². The number of halogens is 1. The molecule has 1 aromatic heterocycles. The van der Waals surface area contributed by atoms with Crippen molar-refractivity contribution in [2.75, 3.05) is 13.1 Å². The maximum absolute atomic E-state index is 6.22. The molecule has 0 radical (unpaired) electrons. The van der Waals surface area contributed by atoms with E-state index >= 15 is 0 Å². The fourth-order valence-electron chi connectivity index (χ4n) is 3.92. The molecule has 0 spiro atoms. The quantitative estimate of drug-likeness (QED) is 0.920. The van der Waals surface area contributed by atoms with Gasteiger partial charge in [-0.2, -0.15) is 0 Å². The lowest BCUT2D eigenvalue weighted by molar-refractivity contribution is 0.299. The van der Waals surface area contributed by atoms with Crippen LogP contribution in [0, 0.1) is 11.8 Å². The zero-order valence-corrected chi connectivity index (χ0v) is 13.1. The van der Waals surface area contributed by atoms with Crippen LogP contribution in [0.3, 0.4) is 0 Å². The minimum atomic E-state index is 0. The highest BCUT2D eigenvalue weighted by molar-refractivity contribution is 7.17. The molecule has 2 fully saturated rings. The number of hydrogen-bond acceptors (Lipinski definition) is 3. The van der Waals surface area contributed by atoms with E-state index in [2.05, 4.69) is 34.5 Å². The molecule has 108 valence electrons. The van der Waals surface area contributed by atoms with E-state index in [-0.39, 0.29) is 12.4 Å². The molecule has 4 rings (SSSR count). The summed E-state index contributed by atoms with van der Waals surface area (Å²) in [4.78, 5) is 2.61. The van der Waals surface area contributed by atoms with E-state index in [9.17, 15) is 0 Å². The summed E-state index contributed by atoms with van der Waals surface area (Å²) in [7, 11) is 0. The predicted molar refractivity (Wildman–Crippen MR) is 88.5 cm³/mol. The van der Waals surface area contributed by atoms with E-state index in [4.69, 9.17) is 5.73 Å². The summed E-state index contributed by atoms with van der Waals surface area (Å²) >= 11 is 1.87. The number of likely N-dealkylation sites (tertiary alicyclic amines) is 1. The Hall–Kier alpha value is -0.610. The Morgan fingerprint density at radius 2 is 2.05 bits per heavy atom. The van der Waals surface area contributed by atoms with Gasteiger partial charge in [-0.3, -0.25) is 4.90 Å². The van der Waals surface area contributed by atoms with Crippen LogP contribution in [0.4, 0.5) is 0 Å². The molecular formula is C16H21ClN2S. The number of rotatable bonds is 2. The van der Waals surface area contributed by atoms with Gasteiger partial charge in [-0.05, 0) is 47.1 Å². The summed E-state index contributed by atoms with van der Waals surface area (Å²) in [6.45, 7) is 3.56. The lowest BCUT2D eigenvalue weighted by Crippen LogP contribution is -2.30. The second-order valence-electron chi connectivity index (χ2n) is 6.12. The third-order valence-electron chi connectivity index (χ3n) is 4.94. The zero-order chi connectivity index (χ0) is 12.8. The van der Waals surface area contributed by atoms with Crippen LogP contribution in [-0.2, 0) is 6.54 Å². The molecule has 1 aromatic carbocycles. The monoisotopic (exact) mass is 308 g/mol. The highest BCUT2D eigenvalue weighted by Gasteiger charge is 2.40. The standard InChI is InChI=1S/C16H20N2S.ClH/c17-15-6-5-11-7-18(9-14(11)15)8-12-10-19-16-4-2-1-3-13(12)16;/h1-4,10-11,14-15H,5-9,17H2;1H. The van der Waals surface area contributed by atoms with Gasteiger partial charge in [0, 0.05) is 30.4 Å². The first-order chi connectivity index (χ1) is 9.31.